The van der Waals surface area contributed by atoms with Crippen LogP contribution >= 0.6 is 0 Å². The van der Waals surface area contributed by atoms with Gasteiger partial charge in [-0.15, -0.1) is 0 Å². The average molecular weight is 363 g/mol. The highest BCUT2D eigenvalue weighted by molar-refractivity contribution is 5.47. The Morgan fingerprint density at radius 3 is 1.96 bits per heavy atom. The summed E-state index contributed by atoms with van der Waals surface area (Å²) in [7, 11) is 1.71. The zero-order valence-corrected chi connectivity index (χ0v) is 17.9. The smallest absolute Gasteiger partial charge is 0.126 e. The van der Waals surface area contributed by atoms with E-state index in [4.69, 9.17) is 4.74 Å². The third-order valence-corrected chi connectivity index (χ3v) is 5.17. The average Bonchev–Trinajstić information content (AvgIpc) is 2.57. The van der Waals surface area contributed by atoms with Crippen LogP contribution in [0.2, 0.25) is 0 Å². The number of aryl methyl sites for hydroxylation is 1. The molecule has 0 aliphatic rings. The number of phenols is 1. The van der Waals surface area contributed by atoms with Gasteiger partial charge in [-0.25, -0.2) is 0 Å². The number of aromatic hydroxyl groups is 1. The Morgan fingerprint density at radius 1 is 0.769 bits per heavy atom. The lowest BCUT2D eigenvalue weighted by Gasteiger charge is -2.13. The Hall–Kier alpha value is -1.18. The fraction of sp³-hybridized carbons (Fsp3) is 0.750. The normalized spacial score (nSPS) is 11.5. The highest BCUT2D eigenvalue weighted by atomic mass is 16.5. The summed E-state index contributed by atoms with van der Waals surface area (Å²) in [5.74, 6) is 2.84. The summed E-state index contributed by atoms with van der Waals surface area (Å²) >= 11 is 0. The largest absolute Gasteiger partial charge is 0.508 e. The number of methoxy groups -OCH3 is 1. The molecular formula is C24H42O2. The molecule has 1 rings (SSSR count). The first-order valence-electron chi connectivity index (χ1n) is 10.8. The van der Waals surface area contributed by atoms with Crippen LogP contribution in [0.25, 0.3) is 0 Å². The number of phenolic OH excluding ortho intramolecular Hbond substituents is 1. The fourth-order valence-electron chi connectivity index (χ4n) is 3.54. The molecule has 1 aromatic rings. The number of hydrogen-bond donors (Lipinski definition) is 1. The molecule has 0 aliphatic heterocycles. The van der Waals surface area contributed by atoms with Crippen LogP contribution in [0.4, 0.5) is 0 Å². The van der Waals surface area contributed by atoms with E-state index in [0.29, 0.717) is 5.75 Å². The van der Waals surface area contributed by atoms with Gasteiger partial charge in [0.2, 0.25) is 0 Å². The van der Waals surface area contributed by atoms with Crippen LogP contribution in [-0.4, -0.2) is 12.2 Å². The lowest BCUT2D eigenvalue weighted by molar-refractivity contribution is 0.397. The number of unbranched alkanes of at least 4 members (excludes halogenated alkanes) is 5. The van der Waals surface area contributed by atoms with Crippen LogP contribution in [-0.2, 0) is 12.8 Å². The summed E-state index contributed by atoms with van der Waals surface area (Å²) in [5, 5.41) is 10.5. The molecule has 0 radical (unpaired) electrons. The van der Waals surface area contributed by atoms with E-state index in [1.807, 2.05) is 6.07 Å². The SMILES string of the molecule is COc1cc(CCCC(C)C)cc(O)c1CCCCCCCCC(C)C. The van der Waals surface area contributed by atoms with Crippen molar-refractivity contribution in [3.8, 4) is 11.5 Å². The quantitative estimate of drug-likeness (QED) is 0.352. The first-order valence-corrected chi connectivity index (χ1v) is 10.8. The lowest BCUT2D eigenvalue weighted by Crippen LogP contribution is -1.97. The maximum atomic E-state index is 10.5. The van der Waals surface area contributed by atoms with Gasteiger partial charge < -0.3 is 9.84 Å². The number of ether oxygens (including phenoxy) is 1. The molecule has 2 nitrogen and oxygen atoms in total. The van der Waals surface area contributed by atoms with Crippen LogP contribution in [0.3, 0.4) is 0 Å². The molecule has 0 unspecified atom stereocenters. The van der Waals surface area contributed by atoms with E-state index >= 15 is 0 Å². The molecule has 1 N–H and O–H groups in total. The van der Waals surface area contributed by atoms with E-state index in [1.54, 1.807) is 7.11 Å². The van der Waals surface area contributed by atoms with Crippen molar-refractivity contribution in [3.63, 3.8) is 0 Å². The van der Waals surface area contributed by atoms with E-state index in [9.17, 15) is 5.11 Å². The Bertz CT molecular complexity index is 491. The molecule has 0 heterocycles. The third-order valence-electron chi connectivity index (χ3n) is 5.17. The van der Waals surface area contributed by atoms with Gasteiger partial charge in [0, 0.05) is 5.56 Å². The second kappa shape index (κ2) is 13.1. The molecule has 0 spiro atoms. The summed E-state index contributed by atoms with van der Waals surface area (Å²) in [5.41, 5.74) is 2.17. The number of hydrogen-bond acceptors (Lipinski definition) is 2. The third kappa shape index (κ3) is 9.50. The minimum Gasteiger partial charge on any atom is -0.508 e. The molecular weight excluding hydrogens is 320 g/mol. The van der Waals surface area contributed by atoms with E-state index in [0.717, 1.165) is 48.8 Å². The van der Waals surface area contributed by atoms with Gasteiger partial charge in [0.25, 0.3) is 0 Å². The van der Waals surface area contributed by atoms with Gasteiger partial charge in [-0.3, -0.25) is 0 Å². The molecule has 0 bridgehead atoms. The summed E-state index contributed by atoms with van der Waals surface area (Å²) in [4.78, 5) is 0. The Kier molecular flexibility index (Phi) is 11.5. The number of rotatable bonds is 14. The Balaban J connectivity index is 2.39. The van der Waals surface area contributed by atoms with Crippen molar-refractivity contribution in [1.29, 1.82) is 0 Å². The summed E-state index contributed by atoms with van der Waals surface area (Å²) in [6.07, 6.45) is 13.4. The van der Waals surface area contributed by atoms with Gasteiger partial charge in [-0.2, -0.15) is 0 Å². The molecule has 0 saturated heterocycles. The predicted molar refractivity (Wildman–Crippen MR) is 113 cm³/mol. The second-order valence-electron chi connectivity index (χ2n) is 8.64. The van der Waals surface area contributed by atoms with E-state index in [2.05, 4.69) is 33.8 Å². The molecule has 26 heavy (non-hydrogen) atoms. The molecule has 150 valence electrons. The summed E-state index contributed by atoms with van der Waals surface area (Å²) in [6.45, 7) is 9.11. The van der Waals surface area contributed by atoms with E-state index in [-0.39, 0.29) is 0 Å². The molecule has 0 amide bonds. The second-order valence-corrected chi connectivity index (χ2v) is 8.64. The van der Waals surface area contributed by atoms with Crippen molar-refractivity contribution in [2.75, 3.05) is 7.11 Å². The maximum absolute atomic E-state index is 10.5. The van der Waals surface area contributed by atoms with Gasteiger partial charge >= 0.3 is 0 Å². The fourth-order valence-corrected chi connectivity index (χ4v) is 3.54. The predicted octanol–water partition coefficient (Wildman–Crippen LogP) is 7.31. The van der Waals surface area contributed by atoms with Crippen molar-refractivity contribution < 1.29 is 9.84 Å². The highest BCUT2D eigenvalue weighted by Gasteiger charge is 2.11. The summed E-state index contributed by atoms with van der Waals surface area (Å²) in [6, 6.07) is 4.07. The van der Waals surface area contributed by atoms with E-state index < -0.39 is 0 Å². The van der Waals surface area contributed by atoms with Crippen molar-refractivity contribution in [1.82, 2.24) is 0 Å². The van der Waals surface area contributed by atoms with Gasteiger partial charge in [0.1, 0.15) is 11.5 Å². The van der Waals surface area contributed by atoms with Crippen LogP contribution in [0.5, 0.6) is 11.5 Å². The minimum absolute atomic E-state index is 0.417. The van der Waals surface area contributed by atoms with Crippen LogP contribution in [0.15, 0.2) is 12.1 Å². The Labute approximate surface area is 162 Å². The molecule has 0 aromatic heterocycles. The molecule has 1 aromatic carbocycles. The first kappa shape index (κ1) is 22.9. The lowest BCUT2D eigenvalue weighted by atomic mass is 9.98. The monoisotopic (exact) mass is 362 g/mol. The number of benzene rings is 1. The van der Waals surface area contributed by atoms with Crippen molar-refractivity contribution in [3.05, 3.63) is 23.3 Å². The maximum Gasteiger partial charge on any atom is 0.126 e. The van der Waals surface area contributed by atoms with E-state index in [1.165, 1.54) is 50.5 Å². The summed E-state index contributed by atoms with van der Waals surface area (Å²) < 4.78 is 5.57. The molecule has 0 atom stereocenters. The zero-order chi connectivity index (χ0) is 19.4. The molecule has 0 fully saturated rings. The van der Waals surface area contributed by atoms with Crippen LogP contribution in [0.1, 0.15) is 96.6 Å². The highest BCUT2D eigenvalue weighted by Crippen LogP contribution is 2.32. The van der Waals surface area contributed by atoms with Crippen LogP contribution < -0.4 is 4.74 Å². The molecule has 2 heteroatoms. The Morgan fingerprint density at radius 2 is 1.35 bits per heavy atom. The van der Waals surface area contributed by atoms with Gasteiger partial charge in [-0.05, 0) is 55.2 Å². The standard InChI is InChI=1S/C24H42O2/c1-19(2)13-10-8-6-7-9-11-16-22-23(25)17-21(18-24(22)26-5)15-12-14-20(3)4/h17-20,25H,6-16H2,1-5H3. The van der Waals surface area contributed by atoms with Crippen molar-refractivity contribution in [2.24, 2.45) is 11.8 Å². The van der Waals surface area contributed by atoms with Crippen molar-refractivity contribution in [2.45, 2.75) is 98.3 Å². The van der Waals surface area contributed by atoms with Gasteiger partial charge in [-0.1, -0.05) is 72.6 Å². The van der Waals surface area contributed by atoms with Crippen molar-refractivity contribution >= 4 is 0 Å². The van der Waals surface area contributed by atoms with Gasteiger partial charge in [0.05, 0.1) is 7.11 Å². The van der Waals surface area contributed by atoms with Gasteiger partial charge in [0.15, 0.2) is 0 Å². The first-order chi connectivity index (χ1) is 12.4. The molecule has 0 aliphatic carbocycles. The zero-order valence-electron chi connectivity index (χ0n) is 17.9. The van der Waals surface area contributed by atoms with Crippen LogP contribution in [0, 0.1) is 11.8 Å². The minimum atomic E-state index is 0.417. The topological polar surface area (TPSA) is 29.5 Å². The molecule has 0 saturated carbocycles.